The number of carbonyl (C=O) groups is 1. The molecule has 19 heavy (non-hydrogen) atoms. The van der Waals surface area contributed by atoms with Crippen molar-refractivity contribution >= 4 is 5.91 Å². The third-order valence-corrected chi connectivity index (χ3v) is 3.80. The average molecular weight is 264 g/mol. The van der Waals surface area contributed by atoms with Gasteiger partial charge in [0.25, 0.3) is 0 Å². The lowest BCUT2D eigenvalue weighted by molar-refractivity contribution is -0.131. The Morgan fingerprint density at radius 1 is 1.63 bits per heavy atom. The molecule has 5 heteroatoms. The summed E-state index contributed by atoms with van der Waals surface area (Å²) in [5.41, 5.74) is 1.10. The highest BCUT2D eigenvalue weighted by Gasteiger charge is 2.18. The summed E-state index contributed by atoms with van der Waals surface area (Å²) in [7, 11) is 1.90. The number of aromatic nitrogens is 2. The third kappa shape index (κ3) is 4.06. The predicted molar refractivity (Wildman–Crippen MR) is 74.5 cm³/mol. The Morgan fingerprint density at radius 2 is 2.47 bits per heavy atom. The van der Waals surface area contributed by atoms with E-state index in [2.05, 4.69) is 10.4 Å². The Bertz CT molecular complexity index is 409. The van der Waals surface area contributed by atoms with Crippen LogP contribution in [0, 0.1) is 5.92 Å². The fourth-order valence-corrected chi connectivity index (χ4v) is 2.60. The summed E-state index contributed by atoms with van der Waals surface area (Å²) < 4.78 is 1.78. The van der Waals surface area contributed by atoms with E-state index in [1.54, 1.807) is 4.68 Å². The van der Waals surface area contributed by atoms with E-state index >= 15 is 0 Å². The van der Waals surface area contributed by atoms with E-state index in [1.165, 1.54) is 6.42 Å². The number of nitrogens with zero attached hydrogens (tertiary/aromatic N) is 3. The molecule has 0 aliphatic carbocycles. The van der Waals surface area contributed by atoms with Crippen LogP contribution in [0.2, 0.25) is 0 Å². The van der Waals surface area contributed by atoms with Gasteiger partial charge in [-0.25, -0.2) is 0 Å². The molecule has 0 aromatic carbocycles. The Kier molecular flexibility index (Phi) is 4.96. The lowest BCUT2D eigenvalue weighted by Gasteiger charge is -2.21. The highest BCUT2D eigenvalue weighted by atomic mass is 16.2. The van der Waals surface area contributed by atoms with Gasteiger partial charge in [0.15, 0.2) is 0 Å². The Hall–Kier alpha value is -1.36. The first-order chi connectivity index (χ1) is 9.19. The molecule has 1 unspecified atom stereocenters. The van der Waals surface area contributed by atoms with Crippen molar-refractivity contribution in [1.82, 2.24) is 20.0 Å². The summed E-state index contributed by atoms with van der Waals surface area (Å²) in [6.07, 6.45) is 6.69. The van der Waals surface area contributed by atoms with Crippen LogP contribution in [-0.4, -0.2) is 40.2 Å². The molecule has 1 atom stereocenters. The van der Waals surface area contributed by atoms with E-state index in [1.807, 2.05) is 31.3 Å². The second-order valence-corrected chi connectivity index (χ2v) is 5.33. The van der Waals surface area contributed by atoms with Crippen LogP contribution in [0.3, 0.4) is 0 Å². The smallest absolute Gasteiger partial charge is 0.222 e. The minimum Gasteiger partial charge on any atom is -0.339 e. The number of amides is 1. The van der Waals surface area contributed by atoms with E-state index in [9.17, 15) is 4.79 Å². The molecule has 5 nitrogen and oxygen atoms in total. The van der Waals surface area contributed by atoms with Gasteiger partial charge in [-0.3, -0.25) is 9.48 Å². The lowest BCUT2D eigenvalue weighted by atomic mass is 10.0. The molecule has 1 aliphatic rings. The SMILES string of the molecule is CCN(Cc1cnn(C)c1)C(=O)CCC1CCNC1. The maximum Gasteiger partial charge on any atom is 0.222 e. The highest BCUT2D eigenvalue weighted by molar-refractivity contribution is 5.76. The fraction of sp³-hybridized carbons (Fsp3) is 0.714. The molecule has 1 aliphatic heterocycles. The lowest BCUT2D eigenvalue weighted by Crippen LogP contribution is -2.30. The van der Waals surface area contributed by atoms with Crippen LogP contribution in [0.15, 0.2) is 12.4 Å². The van der Waals surface area contributed by atoms with E-state index in [0.29, 0.717) is 18.9 Å². The van der Waals surface area contributed by atoms with E-state index in [4.69, 9.17) is 0 Å². The highest BCUT2D eigenvalue weighted by Crippen LogP contribution is 2.16. The molecule has 0 radical (unpaired) electrons. The normalized spacial score (nSPS) is 18.7. The van der Waals surface area contributed by atoms with Crippen LogP contribution in [0.25, 0.3) is 0 Å². The average Bonchev–Trinajstić information content (AvgIpc) is 3.04. The third-order valence-electron chi connectivity index (χ3n) is 3.80. The Morgan fingerprint density at radius 3 is 3.05 bits per heavy atom. The summed E-state index contributed by atoms with van der Waals surface area (Å²) in [4.78, 5) is 14.1. The first-order valence-corrected chi connectivity index (χ1v) is 7.15. The molecule has 1 amide bonds. The minimum atomic E-state index is 0.262. The zero-order chi connectivity index (χ0) is 13.7. The second kappa shape index (κ2) is 6.70. The molecule has 1 aromatic rings. The molecule has 2 heterocycles. The van der Waals surface area contributed by atoms with Gasteiger partial charge in [0.05, 0.1) is 6.20 Å². The van der Waals surface area contributed by atoms with Gasteiger partial charge in [-0.1, -0.05) is 0 Å². The van der Waals surface area contributed by atoms with Crippen LogP contribution in [0.5, 0.6) is 0 Å². The molecule has 1 N–H and O–H groups in total. The molecule has 0 saturated carbocycles. The zero-order valence-corrected chi connectivity index (χ0v) is 11.9. The monoisotopic (exact) mass is 264 g/mol. The van der Waals surface area contributed by atoms with Gasteiger partial charge in [0.1, 0.15) is 0 Å². The number of carbonyl (C=O) groups excluding carboxylic acids is 1. The van der Waals surface area contributed by atoms with Gasteiger partial charge in [0, 0.05) is 38.3 Å². The quantitative estimate of drug-likeness (QED) is 0.839. The largest absolute Gasteiger partial charge is 0.339 e. The standard InChI is InChI=1S/C14H24N4O/c1-3-18(11-13-9-16-17(2)10-13)14(19)5-4-12-6-7-15-8-12/h9-10,12,15H,3-8,11H2,1-2H3. The van der Waals surface area contributed by atoms with Crippen LogP contribution in [0.4, 0.5) is 0 Å². The van der Waals surface area contributed by atoms with Crippen molar-refractivity contribution in [3.63, 3.8) is 0 Å². The van der Waals surface area contributed by atoms with Crippen molar-refractivity contribution in [2.75, 3.05) is 19.6 Å². The van der Waals surface area contributed by atoms with Crippen LogP contribution < -0.4 is 5.32 Å². The van der Waals surface area contributed by atoms with Gasteiger partial charge in [-0.15, -0.1) is 0 Å². The van der Waals surface area contributed by atoms with Crippen molar-refractivity contribution in [3.05, 3.63) is 18.0 Å². The first-order valence-electron chi connectivity index (χ1n) is 7.15. The number of rotatable bonds is 6. The van der Waals surface area contributed by atoms with Gasteiger partial charge in [-0.2, -0.15) is 5.10 Å². The second-order valence-electron chi connectivity index (χ2n) is 5.33. The van der Waals surface area contributed by atoms with Crippen molar-refractivity contribution < 1.29 is 4.79 Å². The topological polar surface area (TPSA) is 50.2 Å². The van der Waals surface area contributed by atoms with Crippen molar-refractivity contribution in [3.8, 4) is 0 Å². The van der Waals surface area contributed by atoms with Gasteiger partial charge < -0.3 is 10.2 Å². The van der Waals surface area contributed by atoms with E-state index < -0.39 is 0 Å². The van der Waals surface area contributed by atoms with Crippen LogP contribution >= 0.6 is 0 Å². The molecule has 2 rings (SSSR count). The maximum absolute atomic E-state index is 12.2. The molecule has 106 valence electrons. The summed E-state index contributed by atoms with van der Waals surface area (Å²) in [6, 6.07) is 0. The molecule has 0 spiro atoms. The number of hydrogen-bond donors (Lipinski definition) is 1. The van der Waals surface area contributed by atoms with Gasteiger partial charge >= 0.3 is 0 Å². The predicted octanol–water partition coefficient (Wildman–Crippen LogP) is 1.16. The molecule has 1 saturated heterocycles. The molecular weight excluding hydrogens is 240 g/mol. The molecule has 1 aromatic heterocycles. The Labute approximate surface area is 115 Å². The number of aryl methyl sites for hydroxylation is 1. The van der Waals surface area contributed by atoms with Crippen LogP contribution in [-0.2, 0) is 18.4 Å². The van der Waals surface area contributed by atoms with Gasteiger partial charge in [0.2, 0.25) is 5.91 Å². The molecule has 1 fully saturated rings. The minimum absolute atomic E-state index is 0.262. The summed E-state index contributed by atoms with van der Waals surface area (Å²) >= 11 is 0. The van der Waals surface area contributed by atoms with Gasteiger partial charge in [-0.05, 0) is 38.8 Å². The van der Waals surface area contributed by atoms with Crippen molar-refractivity contribution in [2.45, 2.75) is 32.7 Å². The fourth-order valence-electron chi connectivity index (χ4n) is 2.60. The number of nitrogens with one attached hydrogen (secondary N) is 1. The summed E-state index contributed by atoms with van der Waals surface area (Å²) in [5, 5.41) is 7.49. The first kappa shape index (κ1) is 14.1. The summed E-state index contributed by atoms with van der Waals surface area (Å²) in [6.45, 7) is 5.64. The molecular formula is C14H24N4O. The van der Waals surface area contributed by atoms with Crippen LogP contribution in [0.1, 0.15) is 31.7 Å². The van der Waals surface area contributed by atoms with Crippen molar-refractivity contribution in [1.29, 1.82) is 0 Å². The Balaban J connectivity index is 1.80. The van der Waals surface area contributed by atoms with E-state index in [-0.39, 0.29) is 5.91 Å². The maximum atomic E-state index is 12.2. The molecule has 0 bridgehead atoms. The summed E-state index contributed by atoms with van der Waals surface area (Å²) in [5.74, 6) is 0.944. The zero-order valence-electron chi connectivity index (χ0n) is 11.9. The van der Waals surface area contributed by atoms with E-state index in [0.717, 1.165) is 31.6 Å². The number of hydrogen-bond acceptors (Lipinski definition) is 3. The van der Waals surface area contributed by atoms with Crippen molar-refractivity contribution in [2.24, 2.45) is 13.0 Å².